The van der Waals surface area contributed by atoms with E-state index < -0.39 is 0 Å². The molecule has 4 heteroatoms. The zero-order valence-electron chi connectivity index (χ0n) is 11.6. The summed E-state index contributed by atoms with van der Waals surface area (Å²) in [6.07, 6.45) is 7.07. The van der Waals surface area contributed by atoms with Crippen LogP contribution in [-0.2, 0) is 6.54 Å². The van der Waals surface area contributed by atoms with E-state index in [1.807, 2.05) is 6.07 Å². The number of rotatable bonds is 4. The normalized spacial score (nSPS) is 16.4. The quantitative estimate of drug-likeness (QED) is 0.817. The highest BCUT2D eigenvalue weighted by atomic mass is 16.2. The van der Waals surface area contributed by atoms with Crippen molar-refractivity contribution in [3.05, 3.63) is 35.9 Å². The number of likely N-dealkylation sites (tertiary alicyclic amines) is 1. The molecule has 1 aliphatic heterocycles. The van der Waals surface area contributed by atoms with Crippen LogP contribution in [0.5, 0.6) is 0 Å². The van der Waals surface area contributed by atoms with Gasteiger partial charge in [0.25, 0.3) is 0 Å². The Morgan fingerprint density at radius 2 is 2.00 bits per heavy atom. The minimum atomic E-state index is -0.163. The number of hydrogen-bond donors (Lipinski definition) is 2. The van der Waals surface area contributed by atoms with Crippen molar-refractivity contribution in [1.82, 2.24) is 15.5 Å². The smallest absolute Gasteiger partial charge is 0.315 e. The average Bonchev–Trinajstić information content (AvgIpc) is 2.48. The average molecular weight is 271 g/mol. The summed E-state index contributed by atoms with van der Waals surface area (Å²) in [6.45, 7) is 3.28. The van der Waals surface area contributed by atoms with Gasteiger partial charge in [-0.05, 0) is 18.4 Å². The number of hydrogen-bond acceptors (Lipinski definition) is 2. The Balaban J connectivity index is 1.70. The first kappa shape index (κ1) is 14.4. The zero-order chi connectivity index (χ0) is 14.2. The van der Waals surface area contributed by atoms with Crippen LogP contribution in [0.2, 0.25) is 0 Å². The van der Waals surface area contributed by atoms with Crippen LogP contribution in [0.3, 0.4) is 0 Å². The summed E-state index contributed by atoms with van der Waals surface area (Å²) in [6, 6.07) is 10.6. The van der Waals surface area contributed by atoms with Crippen molar-refractivity contribution in [3.63, 3.8) is 0 Å². The van der Waals surface area contributed by atoms with Crippen LogP contribution >= 0.6 is 0 Å². The minimum absolute atomic E-state index is 0.163. The maximum atomic E-state index is 11.5. The minimum Gasteiger partial charge on any atom is -0.335 e. The number of nitrogens with one attached hydrogen (secondary N) is 2. The first-order valence-electron chi connectivity index (χ1n) is 7.02. The molecule has 1 fully saturated rings. The lowest BCUT2D eigenvalue weighted by atomic mass is 10.0. The number of amides is 2. The molecule has 0 radical (unpaired) electrons. The second-order valence-corrected chi connectivity index (χ2v) is 5.07. The molecule has 0 saturated carbocycles. The number of carbonyl (C=O) groups is 1. The Labute approximate surface area is 120 Å². The molecule has 0 aliphatic carbocycles. The largest absolute Gasteiger partial charge is 0.335 e. The van der Waals surface area contributed by atoms with Gasteiger partial charge in [0.15, 0.2) is 0 Å². The molecule has 1 aliphatic rings. The summed E-state index contributed by atoms with van der Waals surface area (Å²) in [7, 11) is 0. The fourth-order valence-electron chi connectivity index (χ4n) is 2.44. The van der Waals surface area contributed by atoms with E-state index in [-0.39, 0.29) is 18.6 Å². The molecule has 0 unspecified atom stereocenters. The van der Waals surface area contributed by atoms with Gasteiger partial charge >= 0.3 is 6.03 Å². The van der Waals surface area contributed by atoms with Gasteiger partial charge in [-0.1, -0.05) is 36.3 Å². The molecule has 2 amide bonds. The van der Waals surface area contributed by atoms with Crippen molar-refractivity contribution in [2.75, 3.05) is 19.6 Å². The summed E-state index contributed by atoms with van der Waals surface area (Å²) in [5, 5.41) is 5.60. The highest BCUT2D eigenvalue weighted by molar-refractivity contribution is 5.74. The Kier molecular flexibility index (Phi) is 5.45. The van der Waals surface area contributed by atoms with Gasteiger partial charge in [0.2, 0.25) is 0 Å². The van der Waals surface area contributed by atoms with Crippen molar-refractivity contribution in [2.45, 2.75) is 25.4 Å². The predicted octanol–water partition coefficient (Wildman–Crippen LogP) is 1.58. The molecule has 2 rings (SSSR count). The van der Waals surface area contributed by atoms with Gasteiger partial charge in [0, 0.05) is 25.7 Å². The maximum absolute atomic E-state index is 11.5. The number of nitrogens with zero attached hydrogens (tertiary/aromatic N) is 1. The first-order chi connectivity index (χ1) is 9.78. The van der Waals surface area contributed by atoms with Crippen LogP contribution in [0.15, 0.2) is 30.3 Å². The lowest BCUT2D eigenvalue weighted by molar-refractivity contribution is 0.187. The molecule has 1 aromatic rings. The molecule has 4 nitrogen and oxygen atoms in total. The van der Waals surface area contributed by atoms with Gasteiger partial charge in [-0.15, -0.1) is 6.42 Å². The van der Waals surface area contributed by atoms with Gasteiger partial charge in [-0.2, -0.15) is 0 Å². The fraction of sp³-hybridized carbons (Fsp3) is 0.438. The lowest BCUT2D eigenvalue weighted by Gasteiger charge is -2.32. The molecule has 1 saturated heterocycles. The van der Waals surface area contributed by atoms with E-state index in [4.69, 9.17) is 6.42 Å². The van der Waals surface area contributed by atoms with Crippen molar-refractivity contribution in [3.8, 4) is 12.3 Å². The predicted molar refractivity (Wildman–Crippen MR) is 80.1 cm³/mol. The van der Waals surface area contributed by atoms with Gasteiger partial charge in [0.05, 0.1) is 6.54 Å². The summed E-state index contributed by atoms with van der Waals surface area (Å²) in [5.41, 5.74) is 1.34. The van der Waals surface area contributed by atoms with Crippen LogP contribution in [0, 0.1) is 12.3 Å². The van der Waals surface area contributed by atoms with E-state index in [0.717, 1.165) is 32.5 Å². The Morgan fingerprint density at radius 1 is 1.30 bits per heavy atom. The molecule has 20 heavy (non-hydrogen) atoms. The molecule has 0 bridgehead atoms. The molecule has 1 aromatic carbocycles. The number of terminal acetylenes is 1. The standard InChI is InChI=1S/C16H21N3O/c1-2-10-17-16(20)18-15-8-11-19(12-9-15)13-14-6-4-3-5-7-14/h1,3-7,15H,8-13H2,(H2,17,18,20). The molecule has 2 N–H and O–H groups in total. The molecule has 1 heterocycles. The number of piperidine rings is 1. The van der Waals surface area contributed by atoms with Gasteiger partial charge in [0.1, 0.15) is 0 Å². The highest BCUT2D eigenvalue weighted by Crippen LogP contribution is 2.13. The van der Waals surface area contributed by atoms with E-state index in [2.05, 4.69) is 45.7 Å². The zero-order valence-corrected chi connectivity index (χ0v) is 11.6. The van der Waals surface area contributed by atoms with Gasteiger partial charge in [-0.3, -0.25) is 4.90 Å². The Morgan fingerprint density at radius 3 is 2.65 bits per heavy atom. The SMILES string of the molecule is C#CCNC(=O)NC1CCN(Cc2ccccc2)CC1. The Hall–Kier alpha value is -1.99. The van der Waals surface area contributed by atoms with Gasteiger partial charge < -0.3 is 10.6 Å². The monoisotopic (exact) mass is 271 g/mol. The van der Waals surface area contributed by atoms with E-state index in [1.165, 1.54) is 5.56 Å². The van der Waals surface area contributed by atoms with Crippen molar-refractivity contribution in [1.29, 1.82) is 0 Å². The van der Waals surface area contributed by atoms with E-state index in [9.17, 15) is 4.79 Å². The van der Waals surface area contributed by atoms with E-state index in [1.54, 1.807) is 0 Å². The first-order valence-corrected chi connectivity index (χ1v) is 7.02. The maximum Gasteiger partial charge on any atom is 0.315 e. The summed E-state index contributed by atoms with van der Waals surface area (Å²) >= 11 is 0. The molecular weight excluding hydrogens is 250 g/mol. The molecule has 0 atom stereocenters. The third kappa shape index (κ3) is 4.60. The van der Waals surface area contributed by atoms with Crippen molar-refractivity contribution >= 4 is 6.03 Å². The van der Waals surface area contributed by atoms with Crippen LogP contribution in [0.25, 0.3) is 0 Å². The lowest BCUT2D eigenvalue weighted by Crippen LogP contribution is -2.47. The van der Waals surface area contributed by atoms with Gasteiger partial charge in [-0.25, -0.2) is 4.79 Å². The summed E-state index contributed by atoms with van der Waals surface area (Å²) < 4.78 is 0. The summed E-state index contributed by atoms with van der Waals surface area (Å²) in [4.78, 5) is 13.9. The second kappa shape index (κ2) is 7.56. The summed E-state index contributed by atoms with van der Waals surface area (Å²) in [5.74, 6) is 2.39. The van der Waals surface area contributed by atoms with Crippen LogP contribution in [0.4, 0.5) is 4.79 Å². The van der Waals surface area contributed by atoms with E-state index in [0.29, 0.717) is 0 Å². The van der Waals surface area contributed by atoms with E-state index >= 15 is 0 Å². The highest BCUT2D eigenvalue weighted by Gasteiger charge is 2.20. The molecule has 0 spiro atoms. The van der Waals surface area contributed by atoms with Crippen molar-refractivity contribution < 1.29 is 4.79 Å². The Bertz CT molecular complexity index is 458. The third-order valence-corrected chi connectivity index (χ3v) is 3.52. The molecule has 106 valence electrons. The fourth-order valence-corrected chi connectivity index (χ4v) is 2.44. The number of carbonyl (C=O) groups excluding carboxylic acids is 1. The topological polar surface area (TPSA) is 44.4 Å². The number of benzene rings is 1. The third-order valence-electron chi connectivity index (χ3n) is 3.52. The van der Waals surface area contributed by atoms with Crippen LogP contribution < -0.4 is 10.6 Å². The van der Waals surface area contributed by atoms with Crippen LogP contribution in [-0.4, -0.2) is 36.6 Å². The molecule has 0 aromatic heterocycles. The number of urea groups is 1. The second-order valence-electron chi connectivity index (χ2n) is 5.07. The molecular formula is C16H21N3O. The van der Waals surface area contributed by atoms with Crippen molar-refractivity contribution in [2.24, 2.45) is 0 Å². The van der Waals surface area contributed by atoms with Crippen LogP contribution in [0.1, 0.15) is 18.4 Å².